The predicted octanol–water partition coefficient (Wildman–Crippen LogP) is 4.94. The van der Waals surface area contributed by atoms with E-state index in [4.69, 9.17) is 9.15 Å². The second kappa shape index (κ2) is 10.8. The van der Waals surface area contributed by atoms with Gasteiger partial charge in [-0.3, -0.25) is 9.59 Å². The fourth-order valence-electron chi connectivity index (χ4n) is 3.47. The number of rotatable bonds is 9. The van der Waals surface area contributed by atoms with Gasteiger partial charge in [0.1, 0.15) is 5.58 Å². The molecule has 0 aliphatic carbocycles. The van der Waals surface area contributed by atoms with Crippen LogP contribution in [0.1, 0.15) is 41.1 Å². The smallest absolute Gasteiger partial charge is 0.308 e. The Labute approximate surface area is 195 Å². The minimum absolute atomic E-state index is 0.0196. The molecule has 7 nitrogen and oxygen atoms in total. The maximum Gasteiger partial charge on any atom is 0.308 e. The summed E-state index contributed by atoms with van der Waals surface area (Å²) in [6.45, 7) is 2.03. The highest BCUT2D eigenvalue weighted by Gasteiger charge is 2.25. The number of hydrogen-bond acceptors (Lipinski definition) is 7. The van der Waals surface area contributed by atoms with E-state index in [1.54, 1.807) is 25.4 Å². The Morgan fingerprint density at radius 2 is 1.76 bits per heavy atom. The third kappa shape index (κ3) is 5.59. The molecule has 0 saturated carbocycles. The lowest BCUT2D eigenvalue weighted by Gasteiger charge is -2.18. The van der Waals surface area contributed by atoms with E-state index in [-0.39, 0.29) is 24.8 Å². The Kier molecular flexibility index (Phi) is 7.36. The standard InChI is InChI=1S/C25H23N3O4S/c1-2-31-22(29)15-20(17-9-4-3-5-10-17)28-24(30)23-19(16-33-25-26-13-8-14-27-25)18-11-6-7-12-21(18)32-23/h3-14,20H,2,15-16H2,1H3,(H,28,30). The van der Waals surface area contributed by atoms with Gasteiger partial charge in [0.15, 0.2) is 10.9 Å². The zero-order valence-electron chi connectivity index (χ0n) is 18.1. The summed E-state index contributed by atoms with van der Waals surface area (Å²) in [6, 6.07) is 18.1. The van der Waals surface area contributed by atoms with Crippen LogP contribution in [0.3, 0.4) is 0 Å². The van der Waals surface area contributed by atoms with Crippen LogP contribution in [0.15, 0.2) is 82.6 Å². The number of benzene rings is 2. The topological polar surface area (TPSA) is 94.3 Å². The number of ether oxygens (including phenoxy) is 1. The minimum atomic E-state index is -0.552. The molecular weight excluding hydrogens is 438 g/mol. The summed E-state index contributed by atoms with van der Waals surface area (Å²) in [6.07, 6.45) is 3.37. The number of aromatic nitrogens is 2. The van der Waals surface area contributed by atoms with Crippen LogP contribution in [0.2, 0.25) is 0 Å². The van der Waals surface area contributed by atoms with E-state index in [2.05, 4.69) is 15.3 Å². The van der Waals surface area contributed by atoms with Gasteiger partial charge < -0.3 is 14.5 Å². The van der Waals surface area contributed by atoms with E-state index in [1.165, 1.54) is 11.8 Å². The maximum absolute atomic E-state index is 13.4. The molecule has 0 radical (unpaired) electrons. The van der Waals surface area contributed by atoms with Crippen LogP contribution >= 0.6 is 11.8 Å². The minimum Gasteiger partial charge on any atom is -0.466 e. The molecule has 1 amide bonds. The Morgan fingerprint density at radius 3 is 2.52 bits per heavy atom. The average Bonchev–Trinajstić information content (AvgIpc) is 3.22. The first-order valence-corrected chi connectivity index (χ1v) is 11.6. The van der Waals surface area contributed by atoms with Crippen molar-refractivity contribution in [3.8, 4) is 0 Å². The fourth-order valence-corrected chi connectivity index (χ4v) is 4.30. The van der Waals surface area contributed by atoms with Gasteiger partial charge in [-0.2, -0.15) is 0 Å². The monoisotopic (exact) mass is 461 g/mol. The van der Waals surface area contributed by atoms with Crippen LogP contribution in [0.4, 0.5) is 0 Å². The normalized spacial score (nSPS) is 11.8. The summed E-state index contributed by atoms with van der Waals surface area (Å²) in [7, 11) is 0. The average molecular weight is 462 g/mol. The predicted molar refractivity (Wildman–Crippen MR) is 126 cm³/mol. The lowest BCUT2D eigenvalue weighted by molar-refractivity contribution is -0.143. The van der Waals surface area contributed by atoms with Crippen LogP contribution in [-0.4, -0.2) is 28.5 Å². The molecule has 0 spiro atoms. The van der Waals surface area contributed by atoms with E-state index in [0.29, 0.717) is 16.5 Å². The molecule has 1 atom stereocenters. The van der Waals surface area contributed by atoms with E-state index in [0.717, 1.165) is 16.5 Å². The molecule has 4 rings (SSSR count). The zero-order valence-corrected chi connectivity index (χ0v) is 18.9. The number of nitrogens with one attached hydrogen (secondary N) is 1. The summed E-state index contributed by atoms with van der Waals surface area (Å²) in [5.74, 6) is -0.107. The fraction of sp³-hybridized carbons (Fsp3) is 0.200. The van der Waals surface area contributed by atoms with Crippen LogP contribution in [0, 0.1) is 0 Å². The van der Waals surface area contributed by atoms with Gasteiger partial charge in [-0.25, -0.2) is 9.97 Å². The number of amides is 1. The van der Waals surface area contributed by atoms with Crippen molar-refractivity contribution in [3.63, 3.8) is 0 Å². The summed E-state index contributed by atoms with van der Waals surface area (Å²) < 4.78 is 11.1. The molecule has 33 heavy (non-hydrogen) atoms. The maximum atomic E-state index is 13.4. The van der Waals surface area contributed by atoms with Crippen LogP contribution < -0.4 is 5.32 Å². The summed E-state index contributed by atoms with van der Waals surface area (Å²) in [5.41, 5.74) is 2.18. The van der Waals surface area contributed by atoms with Gasteiger partial charge in [0.2, 0.25) is 0 Å². The van der Waals surface area contributed by atoms with E-state index in [9.17, 15) is 9.59 Å². The third-order valence-corrected chi connectivity index (χ3v) is 5.88. The Bertz CT molecular complexity index is 1230. The highest BCUT2D eigenvalue weighted by molar-refractivity contribution is 7.98. The van der Waals surface area contributed by atoms with Gasteiger partial charge in [-0.15, -0.1) is 0 Å². The van der Waals surface area contributed by atoms with Gasteiger partial charge in [0, 0.05) is 29.1 Å². The number of fused-ring (bicyclic) bond motifs is 1. The van der Waals surface area contributed by atoms with Crippen molar-refractivity contribution in [3.05, 3.63) is 89.9 Å². The molecule has 1 N–H and O–H groups in total. The molecule has 2 aromatic carbocycles. The van der Waals surface area contributed by atoms with Crippen molar-refractivity contribution in [2.45, 2.75) is 30.3 Å². The van der Waals surface area contributed by atoms with Gasteiger partial charge in [-0.05, 0) is 24.6 Å². The summed E-state index contributed by atoms with van der Waals surface area (Å²) in [5, 5.41) is 4.43. The largest absolute Gasteiger partial charge is 0.466 e. The van der Waals surface area contributed by atoms with Crippen molar-refractivity contribution < 1.29 is 18.7 Å². The molecule has 0 fully saturated rings. The zero-order chi connectivity index (χ0) is 23.0. The van der Waals surface area contributed by atoms with Gasteiger partial charge >= 0.3 is 5.97 Å². The van der Waals surface area contributed by atoms with Gasteiger partial charge in [0.05, 0.1) is 19.1 Å². The number of thioether (sulfide) groups is 1. The molecular formula is C25H23N3O4S. The number of furan rings is 1. The third-order valence-electron chi connectivity index (χ3n) is 4.98. The first-order chi connectivity index (χ1) is 16.2. The van der Waals surface area contributed by atoms with Crippen molar-refractivity contribution in [2.75, 3.05) is 6.61 Å². The SMILES string of the molecule is CCOC(=O)CC(NC(=O)c1oc2ccccc2c1CSc1ncccn1)c1ccccc1. The highest BCUT2D eigenvalue weighted by atomic mass is 32.2. The molecule has 168 valence electrons. The molecule has 0 bridgehead atoms. The van der Waals surface area contributed by atoms with Gasteiger partial charge in [-0.1, -0.05) is 60.3 Å². The quantitative estimate of drug-likeness (QED) is 0.214. The Hall–Kier alpha value is -3.65. The van der Waals surface area contributed by atoms with Crippen LogP contribution in [0.25, 0.3) is 11.0 Å². The number of esters is 1. The summed E-state index contributed by atoms with van der Waals surface area (Å²) >= 11 is 1.42. The number of hydrogen-bond donors (Lipinski definition) is 1. The van der Waals surface area contributed by atoms with Gasteiger partial charge in [0.25, 0.3) is 5.91 Å². The second-order valence-corrected chi connectivity index (χ2v) is 8.11. The molecule has 0 saturated heterocycles. The van der Waals surface area contributed by atoms with E-state index in [1.807, 2.05) is 54.6 Å². The molecule has 2 aromatic heterocycles. The van der Waals surface area contributed by atoms with Crippen LogP contribution in [-0.2, 0) is 15.3 Å². The Morgan fingerprint density at radius 1 is 1.03 bits per heavy atom. The van der Waals surface area contributed by atoms with E-state index >= 15 is 0 Å². The Balaban J connectivity index is 1.62. The molecule has 0 aliphatic heterocycles. The number of nitrogens with zero attached hydrogens (tertiary/aromatic N) is 2. The molecule has 0 aliphatic rings. The molecule has 1 unspecified atom stereocenters. The van der Waals surface area contributed by atoms with Crippen molar-refractivity contribution >= 4 is 34.6 Å². The lowest BCUT2D eigenvalue weighted by atomic mass is 10.0. The first kappa shape index (κ1) is 22.5. The number of para-hydroxylation sites is 1. The van der Waals surface area contributed by atoms with Crippen LogP contribution in [0.5, 0.6) is 0 Å². The summed E-state index contributed by atoms with van der Waals surface area (Å²) in [4.78, 5) is 34.1. The van der Waals surface area contributed by atoms with Crippen molar-refractivity contribution in [1.29, 1.82) is 0 Å². The number of carbonyl (C=O) groups excluding carboxylic acids is 2. The molecule has 8 heteroatoms. The first-order valence-electron chi connectivity index (χ1n) is 10.6. The van der Waals surface area contributed by atoms with E-state index < -0.39 is 11.9 Å². The second-order valence-electron chi connectivity index (χ2n) is 7.17. The van der Waals surface area contributed by atoms with Crippen molar-refractivity contribution in [1.82, 2.24) is 15.3 Å². The number of carbonyl (C=O) groups is 2. The molecule has 2 heterocycles. The molecule has 4 aromatic rings. The highest BCUT2D eigenvalue weighted by Crippen LogP contribution is 2.31. The van der Waals surface area contributed by atoms with Crippen molar-refractivity contribution in [2.24, 2.45) is 0 Å². The lowest BCUT2D eigenvalue weighted by Crippen LogP contribution is -2.31.